The molecule has 2 aromatic rings. The van der Waals surface area contributed by atoms with E-state index in [9.17, 15) is 26.7 Å². The molecule has 0 aliphatic carbocycles. The van der Waals surface area contributed by atoms with Gasteiger partial charge in [-0.15, -0.1) is 0 Å². The van der Waals surface area contributed by atoms with Crippen LogP contribution in [0.1, 0.15) is 24.0 Å². The quantitative estimate of drug-likeness (QED) is 0.765. The SMILES string of the molecule is COc1ccc(S(=O)(=O)N2CCC(O)(c3ccc(Cl)c(C(F)(F)F)c3)CC2)cc1. The van der Waals surface area contributed by atoms with Crippen molar-refractivity contribution in [3.8, 4) is 5.75 Å². The minimum Gasteiger partial charge on any atom is -0.497 e. The Morgan fingerprint density at radius 1 is 1.10 bits per heavy atom. The Balaban J connectivity index is 1.80. The van der Waals surface area contributed by atoms with E-state index in [4.69, 9.17) is 16.3 Å². The van der Waals surface area contributed by atoms with E-state index in [1.165, 1.54) is 41.7 Å². The Bertz CT molecular complexity index is 986. The lowest BCUT2D eigenvalue weighted by atomic mass is 9.84. The molecule has 0 saturated carbocycles. The molecule has 1 heterocycles. The molecule has 10 heteroatoms. The maximum atomic E-state index is 13.1. The van der Waals surface area contributed by atoms with E-state index in [-0.39, 0.29) is 36.4 Å². The molecule has 0 aromatic heterocycles. The standard InChI is InChI=1S/C19H19ClF3NO4S/c1-28-14-3-5-15(6-4-14)29(26,27)24-10-8-18(25,9-11-24)13-2-7-17(20)16(12-13)19(21,22)23/h2-7,12,25H,8-11H2,1H3. The largest absolute Gasteiger partial charge is 0.497 e. The molecule has 0 spiro atoms. The van der Waals surface area contributed by atoms with Gasteiger partial charge < -0.3 is 9.84 Å². The molecule has 1 aliphatic rings. The van der Waals surface area contributed by atoms with Crippen molar-refractivity contribution in [1.82, 2.24) is 4.31 Å². The number of nitrogens with zero attached hydrogens (tertiary/aromatic N) is 1. The Labute approximate surface area is 171 Å². The molecule has 29 heavy (non-hydrogen) atoms. The first-order chi connectivity index (χ1) is 13.5. The predicted octanol–water partition coefficient (Wildman–Crippen LogP) is 4.04. The highest BCUT2D eigenvalue weighted by atomic mass is 35.5. The van der Waals surface area contributed by atoms with Gasteiger partial charge in [-0.2, -0.15) is 17.5 Å². The van der Waals surface area contributed by atoms with Gasteiger partial charge in [0.2, 0.25) is 10.0 Å². The van der Waals surface area contributed by atoms with Gasteiger partial charge in [-0.3, -0.25) is 0 Å². The van der Waals surface area contributed by atoms with Gasteiger partial charge in [0.15, 0.2) is 0 Å². The van der Waals surface area contributed by atoms with Crippen LogP contribution in [0.4, 0.5) is 13.2 Å². The second-order valence-corrected chi connectivity index (χ2v) is 9.15. The van der Waals surface area contributed by atoms with E-state index in [1.807, 2.05) is 0 Å². The number of hydrogen-bond donors (Lipinski definition) is 1. The lowest BCUT2D eigenvalue weighted by Crippen LogP contribution is -2.45. The van der Waals surface area contributed by atoms with Gasteiger partial charge in [-0.25, -0.2) is 8.42 Å². The van der Waals surface area contributed by atoms with Crippen molar-refractivity contribution in [3.63, 3.8) is 0 Å². The molecule has 1 N–H and O–H groups in total. The molecule has 158 valence electrons. The summed E-state index contributed by atoms with van der Waals surface area (Å²) in [6.45, 7) is -0.0658. The molecule has 0 bridgehead atoms. The fourth-order valence-electron chi connectivity index (χ4n) is 3.31. The number of alkyl halides is 3. The Hall–Kier alpha value is -1.81. The summed E-state index contributed by atoms with van der Waals surface area (Å²) in [5.41, 5.74) is -2.54. The van der Waals surface area contributed by atoms with Crippen molar-refractivity contribution >= 4 is 21.6 Å². The van der Waals surface area contributed by atoms with E-state index < -0.39 is 32.4 Å². The Kier molecular flexibility index (Phi) is 5.88. The lowest BCUT2D eigenvalue weighted by Gasteiger charge is -2.38. The number of hydrogen-bond acceptors (Lipinski definition) is 4. The zero-order valence-corrected chi connectivity index (χ0v) is 17.0. The molecule has 1 fully saturated rings. The van der Waals surface area contributed by atoms with Crippen molar-refractivity contribution < 1.29 is 31.4 Å². The van der Waals surface area contributed by atoms with Crippen LogP contribution in [0, 0.1) is 0 Å². The molecule has 3 rings (SSSR count). The van der Waals surface area contributed by atoms with Crippen LogP contribution in [0.3, 0.4) is 0 Å². The summed E-state index contributed by atoms with van der Waals surface area (Å²) >= 11 is 5.64. The average Bonchev–Trinajstić information content (AvgIpc) is 2.67. The third-order valence-electron chi connectivity index (χ3n) is 5.06. The molecule has 1 saturated heterocycles. The van der Waals surface area contributed by atoms with Crippen LogP contribution in [0.5, 0.6) is 5.75 Å². The van der Waals surface area contributed by atoms with Crippen LogP contribution in [-0.2, 0) is 21.8 Å². The summed E-state index contributed by atoms with van der Waals surface area (Å²) in [4.78, 5) is 0.0783. The summed E-state index contributed by atoms with van der Waals surface area (Å²) in [5, 5.41) is 10.4. The smallest absolute Gasteiger partial charge is 0.417 e. The molecule has 0 unspecified atom stereocenters. The van der Waals surface area contributed by atoms with Crippen molar-refractivity contribution in [1.29, 1.82) is 0 Å². The highest BCUT2D eigenvalue weighted by Gasteiger charge is 2.40. The number of methoxy groups -OCH3 is 1. The zero-order chi connectivity index (χ0) is 21.4. The van der Waals surface area contributed by atoms with Gasteiger partial charge in [0.25, 0.3) is 0 Å². The van der Waals surface area contributed by atoms with E-state index in [2.05, 4.69) is 0 Å². The second-order valence-electron chi connectivity index (χ2n) is 6.80. The minimum absolute atomic E-state index is 0.0329. The van der Waals surface area contributed by atoms with Crippen LogP contribution in [0.25, 0.3) is 0 Å². The summed E-state index contributed by atoms with van der Waals surface area (Å²) in [6, 6.07) is 9.16. The first kappa shape index (κ1) is 21.9. The second kappa shape index (κ2) is 7.79. The van der Waals surface area contributed by atoms with Gasteiger partial charge in [0.1, 0.15) is 5.75 Å². The van der Waals surface area contributed by atoms with Gasteiger partial charge in [-0.1, -0.05) is 17.7 Å². The number of sulfonamides is 1. The van der Waals surface area contributed by atoms with Crippen LogP contribution in [0.2, 0.25) is 5.02 Å². The molecule has 1 aliphatic heterocycles. The van der Waals surface area contributed by atoms with E-state index in [1.54, 1.807) is 0 Å². The van der Waals surface area contributed by atoms with Crippen LogP contribution in [0.15, 0.2) is 47.4 Å². The fraction of sp³-hybridized carbons (Fsp3) is 0.368. The molecule has 0 radical (unpaired) electrons. The summed E-state index contributed by atoms with van der Waals surface area (Å²) in [5.74, 6) is 0.514. The number of piperidine rings is 1. The molecular weight excluding hydrogens is 431 g/mol. The Morgan fingerprint density at radius 3 is 2.21 bits per heavy atom. The van der Waals surface area contributed by atoms with Crippen LogP contribution in [-0.4, -0.2) is 38.0 Å². The van der Waals surface area contributed by atoms with Gasteiger partial charge in [0, 0.05) is 13.1 Å². The number of rotatable bonds is 4. The number of halogens is 4. The molecule has 5 nitrogen and oxygen atoms in total. The van der Waals surface area contributed by atoms with Crippen molar-refractivity contribution in [2.24, 2.45) is 0 Å². The summed E-state index contributed by atoms with van der Waals surface area (Å²) in [7, 11) is -2.32. The fourth-order valence-corrected chi connectivity index (χ4v) is 4.98. The van der Waals surface area contributed by atoms with E-state index in [0.29, 0.717) is 5.75 Å². The van der Waals surface area contributed by atoms with Crippen molar-refractivity contribution in [3.05, 3.63) is 58.6 Å². The molecular formula is C19H19ClF3NO4S. The number of benzene rings is 2. The van der Waals surface area contributed by atoms with Gasteiger partial charge >= 0.3 is 6.18 Å². The normalized spacial score (nSPS) is 17.9. The predicted molar refractivity (Wildman–Crippen MR) is 101 cm³/mol. The minimum atomic E-state index is -4.65. The van der Waals surface area contributed by atoms with E-state index >= 15 is 0 Å². The summed E-state index contributed by atoms with van der Waals surface area (Å²) in [6.07, 6.45) is -4.73. The first-order valence-corrected chi connectivity index (χ1v) is 10.5. The Morgan fingerprint density at radius 2 is 1.69 bits per heavy atom. The maximum Gasteiger partial charge on any atom is 0.417 e. The average molecular weight is 450 g/mol. The molecule has 0 amide bonds. The monoisotopic (exact) mass is 449 g/mol. The van der Waals surface area contributed by atoms with E-state index in [0.717, 1.165) is 12.1 Å². The summed E-state index contributed by atoms with van der Waals surface area (Å²) < 4.78 is 71.2. The van der Waals surface area contributed by atoms with Crippen LogP contribution >= 0.6 is 11.6 Å². The lowest BCUT2D eigenvalue weighted by molar-refractivity contribution is -0.137. The topological polar surface area (TPSA) is 66.8 Å². The third kappa shape index (κ3) is 4.37. The van der Waals surface area contributed by atoms with Crippen molar-refractivity contribution in [2.75, 3.05) is 20.2 Å². The van der Waals surface area contributed by atoms with Gasteiger partial charge in [0.05, 0.1) is 28.2 Å². The molecule has 0 atom stereocenters. The van der Waals surface area contributed by atoms with Crippen molar-refractivity contribution in [2.45, 2.75) is 29.5 Å². The third-order valence-corrected chi connectivity index (χ3v) is 7.30. The first-order valence-electron chi connectivity index (χ1n) is 8.71. The van der Waals surface area contributed by atoms with Crippen LogP contribution < -0.4 is 4.74 Å². The zero-order valence-electron chi connectivity index (χ0n) is 15.4. The number of aliphatic hydroxyl groups is 1. The number of ether oxygens (including phenoxy) is 1. The highest BCUT2D eigenvalue weighted by Crippen LogP contribution is 2.40. The highest BCUT2D eigenvalue weighted by molar-refractivity contribution is 7.89. The van der Waals surface area contributed by atoms with Gasteiger partial charge in [-0.05, 0) is 54.8 Å². The molecule has 2 aromatic carbocycles. The maximum absolute atomic E-state index is 13.1.